The molecule has 1 heterocycles. The highest BCUT2D eigenvalue weighted by Gasteiger charge is 2.43. The van der Waals surface area contributed by atoms with E-state index in [1.54, 1.807) is 44.2 Å². The second-order valence-electron chi connectivity index (χ2n) is 36.0. The van der Waals surface area contributed by atoms with Crippen molar-refractivity contribution in [2.24, 2.45) is 50.7 Å². The van der Waals surface area contributed by atoms with E-state index in [1.807, 2.05) is 6.92 Å². The number of carbonyl (C=O) groups is 15. The number of guanidine groups is 2. The van der Waals surface area contributed by atoms with Crippen molar-refractivity contribution in [3.63, 3.8) is 0 Å². The summed E-state index contributed by atoms with van der Waals surface area (Å²) in [6.45, 7) is 10.9. The number of aliphatic imine (C=N–C) groups is 2. The van der Waals surface area contributed by atoms with Crippen molar-refractivity contribution in [3.05, 3.63) is 65.7 Å². The number of nitrogens with zero attached hydrogens (tertiary/aromatic N) is 3. The van der Waals surface area contributed by atoms with E-state index in [-0.39, 0.29) is 183 Å². The number of nitrogens with one attached hydrogen (secondary N) is 12. The maximum atomic E-state index is 15.2. The monoisotopic (exact) mass is 1930 g/mol. The fourth-order valence-electron chi connectivity index (χ4n) is 16.0. The number of carboxylic acids is 2. The highest BCUT2D eigenvalue weighted by atomic mass is 16.5. The van der Waals surface area contributed by atoms with Crippen molar-refractivity contribution >= 4 is 101 Å². The fraction of sp³-hybridized carbons (Fsp3) is 0.698. The van der Waals surface area contributed by atoms with Gasteiger partial charge in [-0.2, -0.15) is 0 Å². The minimum Gasteiger partial charge on any atom is -0.508 e. The van der Waals surface area contributed by atoms with Crippen LogP contribution in [0.2, 0.25) is 0 Å². The van der Waals surface area contributed by atoms with E-state index >= 15 is 4.79 Å². The summed E-state index contributed by atoms with van der Waals surface area (Å²) in [5, 5.41) is 62.7. The van der Waals surface area contributed by atoms with Crippen molar-refractivity contribution in [2.45, 2.75) is 313 Å². The molecular weight excluding hydrogens is 1770 g/mol. The average molecular weight is 1930 g/mol. The number of aliphatic carboxylic acids is 2. The van der Waals surface area contributed by atoms with Gasteiger partial charge in [0.25, 0.3) is 0 Å². The van der Waals surface area contributed by atoms with Crippen LogP contribution in [0.15, 0.2) is 64.6 Å². The topological polar surface area (TPSA) is 630 Å². The van der Waals surface area contributed by atoms with Crippen LogP contribution in [0.3, 0.4) is 0 Å². The number of hydrogen-bond acceptors (Lipinski definition) is 22. The quantitative estimate of drug-likeness (QED) is 0.0256. The number of nitrogens with two attached hydrogens (primary N) is 4. The van der Waals surface area contributed by atoms with Gasteiger partial charge in [-0.3, -0.25) is 72.3 Å². The number of primary amides is 1. The Kier molecular flexibility index (Phi) is 59.1. The summed E-state index contributed by atoms with van der Waals surface area (Å²) in [5.41, 5.74) is 21.5. The molecule has 13 amide bonds. The van der Waals surface area contributed by atoms with Gasteiger partial charge in [-0.15, -0.1) is 0 Å². The average Bonchev–Trinajstić information content (AvgIpc) is 1.74. The van der Waals surface area contributed by atoms with Crippen LogP contribution in [0.4, 0.5) is 0 Å². The summed E-state index contributed by atoms with van der Waals surface area (Å²) in [4.78, 5) is 213. The molecule has 770 valence electrons. The van der Waals surface area contributed by atoms with Crippen molar-refractivity contribution in [1.29, 1.82) is 0 Å². The van der Waals surface area contributed by atoms with E-state index in [1.165, 1.54) is 107 Å². The fourth-order valence-corrected chi connectivity index (χ4v) is 16.0. The van der Waals surface area contributed by atoms with Crippen LogP contribution >= 0.6 is 0 Å². The molecule has 4 rings (SSSR count). The Morgan fingerprint density at radius 1 is 0.482 bits per heavy atom. The molecule has 41 heteroatoms. The minimum absolute atomic E-state index is 0.0108. The lowest BCUT2D eigenvalue weighted by molar-refractivity contribution is -0.144. The van der Waals surface area contributed by atoms with Crippen LogP contribution in [0.5, 0.6) is 5.75 Å². The number of aromatic hydroxyl groups is 1. The molecule has 2 aromatic rings. The number of carbonyl (C=O) groups excluding carboxylic acids is 13. The molecule has 0 aromatic heterocycles. The molecule has 1 aliphatic carbocycles. The van der Waals surface area contributed by atoms with Gasteiger partial charge in [0, 0.05) is 91.1 Å². The molecule has 2 aromatic carbocycles. The predicted molar refractivity (Wildman–Crippen MR) is 516 cm³/mol. The summed E-state index contributed by atoms with van der Waals surface area (Å²) in [6.07, 6.45) is 20.7. The molecule has 2 aliphatic rings. The molecule has 23 N–H and O–H groups in total. The number of likely N-dealkylation sites (tertiary alicyclic amines) is 1. The first kappa shape index (κ1) is 118. The zero-order valence-electron chi connectivity index (χ0n) is 81.4. The Bertz CT molecular complexity index is 4060. The minimum atomic E-state index is -1.89. The van der Waals surface area contributed by atoms with E-state index in [0.717, 1.165) is 32.1 Å². The number of rotatable bonds is 74. The number of carboxylic acid groups (broad SMARTS) is 2. The van der Waals surface area contributed by atoms with E-state index in [0.29, 0.717) is 82.2 Å². The zero-order valence-corrected chi connectivity index (χ0v) is 81.4. The SMILES string of the molecule is CCCCCCCCCCCCCCCC(=O)NCC1CCC(C(=O)N[C@@H](CCC(=O)NCCCOCCOCCOCCCNC(=O)COCC(=O)N[C@@H](Cc2ccc(O)cc2)C(=O)NC(C)(Cc2ccccc2)C(=O)N[C@@H](CC(C)C)C(=O)NC(CCCC)C(=O)N[C@@H](CCCN=C(N)N)C(=O)N2CCC[C@H]2C(=O)N[C@@H](CCCNC(N)=NC)C(=O)N[C@@H](CC(N)=O)C(=O)O)C(=O)O)CC1. The lowest BCUT2D eigenvalue weighted by atomic mass is 9.81. The zero-order chi connectivity index (χ0) is 101. The van der Waals surface area contributed by atoms with Crippen molar-refractivity contribution in [2.75, 3.05) is 99.2 Å². The van der Waals surface area contributed by atoms with Gasteiger partial charge in [0.05, 0.1) is 32.8 Å². The van der Waals surface area contributed by atoms with Gasteiger partial charge >= 0.3 is 11.9 Å². The molecule has 41 nitrogen and oxygen atoms in total. The molecule has 0 radical (unpaired) electrons. The Balaban J connectivity index is 1.24. The van der Waals surface area contributed by atoms with Crippen LogP contribution in [0, 0.1) is 17.8 Å². The van der Waals surface area contributed by atoms with Crippen molar-refractivity contribution in [3.8, 4) is 5.75 Å². The molecule has 0 spiro atoms. The number of ether oxygens (including phenoxy) is 4. The summed E-state index contributed by atoms with van der Waals surface area (Å²) >= 11 is 0. The standard InChI is InChI=1S/C96H159N19O22/c1-7-9-11-12-13-14-15-16-17-18-19-20-24-36-80(118)106-62-68-37-41-69(42-38-68)84(122)111-74(91(129)130)45-46-81(119)102-49-28-52-134-54-56-136-57-55-135-53-29-50-103-82(120)63-137-64-83(121)107-76(59-66-39-43-70(116)44-40-66)88(126)114-96(5,61-67-30-22-21-23-31-67)93(133)113-75(58-65(3)4)87(125)108-71(32-10-8-2)85(123)110-73(34-26-47-104-94(98)99)90(128)115-51-27-35-78(115)89(127)109-72(33-25-48-105-95(100)101-6)86(124)112-77(92(131)132)60-79(97)117/h21-23,30-31,39-40,43-44,65,68-69,71-78,116H,7-20,24-29,32-38,41-42,45-64H2,1-6H3,(H2,97,117)(H,102,119)(H,103,120)(H,106,118)(H,107,121)(H,108,125)(H,109,127)(H,110,123)(H,111,122)(H,112,124)(H,113,133)(H,114,126)(H,129,130)(H,131,132)(H4,98,99,104)(H3,100,101,105)/t68?,69?,71?,72-,73-,74-,75-,76-,77-,78-,96?/m0/s1. The molecule has 0 bridgehead atoms. The number of phenolic OH excluding ortho intramolecular Hbond substituents is 1. The second kappa shape index (κ2) is 68.6. The molecule has 2 fully saturated rings. The van der Waals surface area contributed by atoms with Crippen LogP contribution in [0.1, 0.15) is 258 Å². The molecule has 1 aliphatic heterocycles. The van der Waals surface area contributed by atoms with Gasteiger partial charge in [0.2, 0.25) is 76.8 Å². The third-order valence-electron chi connectivity index (χ3n) is 23.8. The summed E-state index contributed by atoms with van der Waals surface area (Å²) < 4.78 is 22.3. The smallest absolute Gasteiger partial charge is 0.326 e. The van der Waals surface area contributed by atoms with Crippen LogP contribution in [-0.2, 0) is 104 Å². The third-order valence-corrected chi connectivity index (χ3v) is 23.8. The van der Waals surface area contributed by atoms with Crippen LogP contribution in [-0.4, -0.2) is 274 Å². The van der Waals surface area contributed by atoms with Crippen LogP contribution in [0.25, 0.3) is 0 Å². The maximum Gasteiger partial charge on any atom is 0.326 e. The first-order valence-electron chi connectivity index (χ1n) is 49.1. The first-order chi connectivity index (χ1) is 65.6. The number of phenols is 1. The second-order valence-corrected chi connectivity index (χ2v) is 36.0. The number of hydrogen-bond donors (Lipinski definition) is 19. The lowest BCUT2D eigenvalue weighted by Crippen LogP contribution is -2.65. The molecule has 1 saturated carbocycles. The largest absolute Gasteiger partial charge is 0.508 e. The van der Waals surface area contributed by atoms with Gasteiger partial charge < -0.3 is 126 Å². The summed E-state index contributed by atoms with van der Waals surface area (Å²) in [6, 6.07) is 3.50. The number of unbranched alkanes of at least 4 members (excludes halogenated alkanes) is 13. The third kappa shape index (κ3) is 51.1. The van der Waals surface area contributed by atoms with Gasteiger partial charge in [0.15, 0.2) is 11.9 Å². The Labute approximate surface area is 806 Å². The lowest BCUT2D eigenvalue weighted by Gasteiger charge is -2.34. The Morgan fingerprint density at radius 2 is 1.01 bits per heavy atom. The first-order valence-corrected chi connectivity index (χ1v) is 49.1. The van der Waals surface area contributed by atoms with E-state index in [2.05, 4.69) is 80.7 Å². The molecule has 137 heavy (non-hydrogen) atoms. The van der Waals surface area contributed by atoms with E-state index in [4.69, 9.17) is 41.9 Å². The van der Waals surface area contributed by atoms with Crippen LogP contribution < -0.4 is 86.7 Å². The Morgan fingerprint density at radius 3 is 1.59 bits per heavy atom. The molecule has 9 atom stereocenters. The van der Waals surface area contributed by atoms with E-state index < -0.39 is 145 Å². The molecule has 2 unspecified atom stereocenters. The highest BCUT2D eigenvalue weighted by Crippen LogP contribution is 2.30. The predicted octanol–water partition coefficient (Wildman–Crippen LogP) is 3.35. The molecule has 1 saturated heterocycles. The van der Waals surface area contributed by atoms with Crippen molar-refractivity contribution < 1.29 is 106 Å². The van der Waals surface area contributed by atoms with Gasteiger partial charge in [-0.1, -0.05) is 160 Å². The van der Waals surface area contributed by atoms with Gasteiger partial charge in [-0.05, 0) is 145 Å². The maximum absolute atomic E-state index is 15.2. The number of benzene rings is 2. The summed E-state index contributed by atoms with van der Waals surface area (Å²) in [5.74, 6) is -12.0. The van der Waals surface area contributed by atoms with E-state index in [9.17, 15) is 82.4 Å². The highest BCUT2D eigenvalue weighted by molar-refractivity contribution is 6.00. The Hall–Kier alpha value is -11.3. The van der Waals surface area contributed by atoms with Gasteiger partial charge in [-0.25, -0.2) is 9.59 Å². The normalized spacial score (nSPS) is 16.2. The summed E-state index contributed by atoms with van der Waals surface area (Å²) in [7, 11) is 1.45. The molecular formula is C96H159N19O22. The van der Waals surface area contributed by atoms with Crippen molar-refractivity contribution in [1.82, 2.24) is 68.7 Å². The number of amides is 13. The van der Waals surface area contributed by atoms with Gasteiger partial charge in [0.1, 0.15) is 72.8 Å².